The normalized spacial score (nSPS) is 13.7. The van der Waals surface area contributed by atoms with Gasteiger partial charge in [-0.3, -0.25) is 0 Å². The Labute approximate surface area is 114 Å². The zero-order valence-corrected chi connectivity index (χ0v) is 12.0. The Morgan fingerprint density at radius 1 is 1.37 bits per heavy atom. The van der Waals surface area contributed by atoms with E-state index in [0.29, 0.717) is 12.3 Å². The summed E-state index contributed by atoms with van der Waals surface area (Å²) in [6.45, 7) is 7.92. The molecule has 2 unspecified atom stereocenters. The SMILES string of the molecule is CCOC(=O)C(Nc1cc(C)cc(F)c1)C(C)CC. The first-order chi connectivity index (χ1) is 8.97. The van der Waals surface area contributed by atoms with Gasteiger partial charge in [0.15, 0.2) is 0 Å². The van der Waals surface area contributed by atoms with Crippen LogP contribution in [-0.4, -0.2) is 18.6 Å². The van der Waals surface area contributed by atoms with E-state index in [1.54, 1.807) is 6.92 Å². The van der Waals surface area contributed by atoms with Gasteiger partial charge in [-0.2, -0.15) is 0 Å². The monoisotopic (exact) mass is 267 g/mol. The van der Waals surface area contributed by atoms with E-state index in [1.165, 1.54) is 12.1 Å². The predicted molar refractivity (Wildman–Crippen MR) is 74.6 cm³/mol. The number of benzene rings is 1. The molecule has 0 aliphatic rings. The quantitative estimate of drug-likeness (QED) is 0.801. The van der Waals surface area contributed by atoms with Gasteiger partial charge in [0.05, 0.1) is 6.61 Å². The van der Waals surface area contributed by atoms with Crippen molar-refractivity contribution in [1.29, 1.82) is 0 Å². The van der Waals surface area contributed by atoms with Crippen LogP contribution in [0.5, 0.6) is 0 Å². The first kappa shape index (κ1) is 15.5. The summed E-state index contributed by atoms with van der Waals surface area (Å²) in [5, 5.41) is 3.08. The summed E-state index contributed by atoms with van der Waals surface area (Å²) in [5.41, 5.74) is 1.42. The number of halogens is 1. The van der Waals surface area contributed by atoms with Gasteiger partial charge in [0, 0.05) is 5.69 Å². The molecular weight excluding hydrogens is 245 g/mol. The van der Waals surface area contributed by atoms with E-state index in [2.05, 4.69) is 5.32 Å². The highest BCUT2D eigenvalue weighted by Gasteiger charge is 2.25. The Bertz CT molecular complexity index is 414. The average Bonchev–Trinajstić information content (AvgIpc) is 2.34. The van der Waals surface area contributed by atoms with E-state index < -0.39 is 6.04 Å². The second kappa shape index (κ2) is 7.12. The number of nitrogens with one attached hydrogen (secondary N) is 1. The Kier molecular flexibility index (Phi) is 5.80. The molecule has 0 heterocycles. The van der Waals surface area contributed by atoms with Crippen LogP contribution in [0.1, 0.15) is 32.8 Å². The maximum absolute atomic E-state index is 13.4. The molecule has 0 fully saturated rings. The summed E-state index contributed by atoms with van der Waals surface area (Å²) in [7, 11) is 0. The molecule has 3 nitrogen and oxygen atoms in total. The lowest BCUT2D eigenvalue weighted by Crippen LogP contribution is -2.37. The number of rotatable bonds is 6. The average molecular weight is 267 g/mol. The topological polar surface area (TPSA) is 38.3 Å². The van der Waals surface area contributed by atoms with Gasteiger partial charge in [-0.1, -0.05) is 20.3 Å². The highest BCUT2D eigenvalue weighted by Crippen LogP contribution is 2.19. The largest absolute Gasteiger partial charge is 0.464 e. The number of carbonyl (C=O) groups is 1. The molecule has 106 valence electrons. The molecule has 1 aromatic rings. The zero-order valence-electron chi connectivity index (χ0n) is 12.0. The van der Waals surface area contributed by atoms with Crippen molar-refractivity contribution in [3.63, 3.8) is 0 Å². The summed E-state index contributed by atoms with van der Waals surface area (Å²) < 4.78 is 18.4. The number of ether oxygens (including phenoxy) is 1. The van der Waals surface area contributed by atoms with Crippen LogP contribution in [0.4, 0.5) is 10.1 Å². The fourth-order valence-electron chi connectivity index (χ4n) is 1.90. The zero-order chi connectivity index (χ0) is 14.4. The van der Waals surface area contributed by atoms with E-state index in [-0.39, 0.29) is 17.7 Å². The van der Waals surface area contributed by atoms with E-state index >= 15 is 0 Å². The lowest BCUT2D eigenvalue weighted by Gasteiger charge is -2.23. The minimum atomic E-state index is -0.453. The molecule has 1 aromatic carbocycles. The van der Waals surface area contributed by atoms with Gasteiger partial charge in [-0.15, -0.1) is 0 Å². The highest BCUT2D eigenvalue weighted by molar-refractivity contribution is 5.79. The maximum atomic E-state index is 13.4. The van der Waals surface area contributed by atoms with Crippen LogP contribution in [0.25, 0.3) is 0 Å². The number of aryl methyl sites for hydroxylation is 1. The molecule has 0 saturated carbocycles. The molecule has 0 aliphatic heterocycles. The fourth-order valence-corrected chi connectivity index (χ4v) is 1.90. The molecule has 0 spiro atoms. The first-order valence-electron chi connectivity index (χ1n) is 6.68. The van der Waals surface area contributed by atoms with Crippen molar-refractivity contribution in [2.45, 2.75) is 40.2 Å². The molecule has 19 heavy (non-hydrogen) atoms. The van der Waals surface area contributed by atoms with Gasteiger partial charge in [0.1, 0.15) is 11.9 Å². The second-order valence-electron chi connectivity index (χ2n) is 4.78. The molecule has 0 aromatic heterocycles. The standard InChI is InChI=1S/C15H22FNO2/c1-5-11(4)14(15(18)19-6-2)17-13-8-10(3)7-12(16)9-13/h7-9,11,14,17H,5-6H2,1-4H3. The number of esters is 1. The molecule has 1 N–H and O–H groups in total. The van der Waals surface area contributed by atoms with E-state index in [1.807, 2.05) is 26.8 Å². The second-order valence-corrected chi connectivity index (χ2v) is 4.78. The van der Waals surface area contributed by atoms with E-state index in [9.17, 15) is 9.18 Å². The van der Waals surface area contributed by atoms with Crippen LogP contribution in [0, 0.1) is 18.7 Å². The van der Waals surface area contributed by atoms with Crippen LogP contribution in [0.2, 0.25) is 0 Å². The molecule has 0 saturated heterocycles. The van der Waals surface area contributed by atoms with Gasteiger partial charge in [0.2, 0.25) is 0 Å². The number of anilines is 1. The number of hydrogen-bond donors (Lipinski definition) is 1. The van der Waals surface area contributed by atoms with E-state index in [4.69, 9.17) is 4.74 Å². The Morgan fingerprint density at radius 3 is 2.58 bits per heavy atom. The first-order valence-corrected chi connectivity index (χ1v) is 6.68. The summed E-state index contributed by atoms with van der Waals surface area (Å²) in [6, 6.07) is 4.21. The van der Waals surface area contributed by atoms with Gasteiger partial charge in [0.25, 0.3) is 0 Å². The Balaban J connectivity index is 2.90. The lowest BCUT2D eigenvalue weighted by atomic mass is 9.98. The van der Waals surface area contributed by atoms with Crippen LogP contribution < -0.4 is 5.32 Å². The van der Waals surface area contributed by atoms with Crippen molar-refractivity contribution in [2.75, 3.05) is 11.9 Å². The van der Waals surface area contributed by atoms with Crippen molar-refractivity contribution in [3.8, 4) is 0 Å². The summed E-state index contributed by atoms with van der Waals surface area (Å²) >= 11 is 0. The lowest BCUT2D eigenvalue weighted by molar-refractivity contribution is -0.145. The van der Waals surface area contributed by atoms with Gasteiger partial charge in [-0.05, 0) is 43.5 Å². The van der Waals surface area contributed by atoms with Crippen molar-refractivity contribution >= 4 is 11.7 Å². The minimum absolute atomic E-state index is 0.114. The van der Waals surface area contributed by atoms with Gasteiger partial charge < -0.3 is 10.1 Å². The summed E-state index contributed by atoms with van der Waals surface area (Å²) in [5.74, 6) is -0.490. The third kappa shape index (κ3) is 4.54. The van der Waals surface area contributed by atoms with Gasteiger partial charge in [-0.25, -0.2) is 9.18 Å². The molecule has 1 rings (SSSR count). The minimum Gasteiger partial charge on any atom is -0.464 e. The van der Waals surface area contributed by atoms with E-state index in [0.717, 1.165) is 12.0 Å². The molecule has 0 radical (unpaired) electrons. The third-order valence-corrected chi connectivity index (χ3v) is 3.12. The Morgan fingerprint density at radius 2 is 2.05 bits per heavy atom. The number of hydrogen-bond acceptors (Lipinski definition) is 3. The Hall–Kier alpha value is -1.58. The molecule has 2 atom stereocenters. The van der Waals surface area contributed by atoms with Crippen LogP contribution >= 0.6 is 0 Å². The number of carbonyl (C=O) groups excluding carboxylic acids is 1. The van der Waals surface area contributed by atoms with Crippen molar-refractivity contribution < 1.29 is 13.9 Å². The molecule has 0 amide bonds. The molecule has 0 aliphatic carbocycles. The van der Waals surface area contributed by atoms with Crippen molar-refractivity contribution in [1.82, 2.24) is 0 Å². The van der Waals surface area contributed by atoms with Crippen LogP contribution in [0.15, 0.2) is 18.2 Å². The molecular formula is C15H22FNO2. The summed E-state index contributed by atoms with van der Waals surface area (Å²) in [4.78, 5) is 11.9. The van der Waals surface area contributed by atoms with Gasteiger partial charge >= 0.3 is 5.97 Å². The maximum Gasteiger partial charge on any atom is 0.328 e. The molecule has 4 heteroatoms. The summed E-state index contributed by atoms with van der Waals surface area (Å²) in [6.07, 6.45) is 0.838. The van der Waals surface area contributed by atoms with Crippen LogP contribution in [-0.2, 0) is 9.53 Å². The van der Waals surface area contributed by atoms with Crippen molar-refractivity contribution in [3.05, 3.63) is 29.6 Å². The fraction of sp³-hybridized carbons (Fsp3) is 0.533. The smallest absolute Gasteiger partial charge is 0.328 e. The third-order valence-electron chi connectivity index (χ3n) is 3.12. The predicted octanol–water partition coefficient (Wildman–Crippen LogP) is 3.52. The highest BCUT2D eigenvalue weighted by atomic mass is 19.1. The van der Waals surface area contributed by atoms with Crippen molar-refractivity contribution in [2.24, 2.45) is 5.92 Å². The van der Waals surface area contributed by atoms with Crippen LogP contribution in [0.3, 0.4) is 0 Å². The molecule has 0 bridgehead atoms.